The third-order valence-electron chi connectivity index (χ3n) is 3.80. The first-order valence-corrected chi connectivity index (χ1v) is 7.79. The molecule has 126 valence electrons. The van der Waals surface area contributed by atoms with E-state index in [2.05, 4.69) is 20.8 Å². The van der Waals surface area contributed by atoms with Crippen molar-refractivity contribution in [3.05, 3.63) is 60.4 Å². The molecular weight excluding hydrogens is 322 g/mol. The molecule has 4 rings (SSSR count). The molecule has 0 saturated heterocycles. The van der Waals surface area contributed by atoms with Crippen LogP contribution < -0.4 is 14.8 Å². The summed E-state index contributed by atoms with van der Waals surface area (Å²) in [6.07, 6.45) is 1.42. The SMILES string of the molecule is O=C(Nc1ccc2c(c1)OCCO2)C(c1ccccc1)n1cnnn1. The van der Waals surface area contributed by atoms with E-state index in [9.17, 15) is 4.79 Å². The Labute approximate surface area is 143 Å². The average molecular weight is 337 g/mol. The van der Waals surface area contributed by atoms with E-state index in [0.717, 1.165) is 5.56 Å². The zero-order chi connectivity index (χ0) is 17.1. The lowest BCUT2D eigenvalue weighted by molar-refractivity contribution is -0.118. The summed E-state index contributed by atoms with van der Waals surface area (Å²) >= 11 is 0. The first kappa shape index (κ1) is 15.1. The van der Waals surface area contributed by atoms with Crippen LogP contribution >= 0.6 is 0 Å². The number of fused-ring (bicyclic) bond motifs is 1. The van der Waals surface area contributed by atoms with Crippen LogP contribution in [0.2, 0.25) is 0 Å². The summed E-state index contributed by atoms with van der Waals surface area (Å²) in [6.45, 7) is 1.01. The lowest BCUT2D eigenvalue weighted by Gasteiger charge is -2.20. The van der Waals surface area contributed by atoms with Crippen molar-refractivity contribution >= 4 is 11.6 Å². The van der Waals surface area contributed by atoms with Gasteiger partial charge in [-0.2, -0.15) is 0 Å². The number of ether oxygens (including phenoxy) is 2. The fourth-order valence-corrected chi connectivity index (χ4v) is 2.68. The molecule has 0 fully saturated rings. The maximum Gasteiger partial charge on any atom is 0.253 e. The molecule has 1 aliphatic rings. The zero-order valence-electron chi connectivity index (χ0n) is 13.2. The van der Waals surface area contributed by atoms with Gasteiger partial charge >= 0.3 is 0 Å². The Morgan fingerprint density at radius 3 is 2.64 bits per heavy atom. The molecule has 1 amide bonds. The molecule has 0 saturated carbocycles. The minimum atomic E-state index is -0.676. The minimum absolute atomic E-state index is 0.254. The molecule has 1 unspecified atom stereocenters. The number of carbonyl (C=O) groups excluding carboxylic acids is 1. The monoisotopic (exact) mass is 337 g/mol. The van der Waals surface area contributed by atoms with E-state index in [4.69, 9.17) is 9.47 Å². The second kappa shape index (κ2) is 6.60. The van der Waals surface area contributed by atoms with Crippen molar-refractivity contribution < 1.29 is 14.3 Å². The number of nitrogens with zero attached hydrogens (tertiary/aromatic N) is 4. The smallest absolute Gasteiger partial charge is 0.253 e. The molecule has 1 aromatic heterocycles. The molecule has 1 aliphatic heterocycles. The quantitative estimate of drug-likeness (QED) is 0.779. The highest BCUT2D eigenvalue weighted by Gasteiger charge is 2.24. The van der Waals surface area contributed by atoms with Crippen molar-refractivity contribution in [2.24, 2.45) is 0 Å². The van der Waals surface area contributed by atoms with Gasteiger partial charge in [0.25, 0.3) is 5.91 Å². The second-order valence-corrected chi connectivity index (χ2v) is 5.45. The third kappa shape index (κ3) is 3.14. The Bertz CT molecular complexity index is 867. The fraction of sp³-hybridized carbons (Fsp3) is 0.176. The Morgan fingerprint density at radius 1 is 1.08 bits per heavy atom. The minimum Gasteiger partial charge on any atom is -0.486 e. The number of carbonyl (C=O) groups is 1. The molecule has 0 aliphatic carbocycles. The summed E-state index contributed by atoms with van der Waals surface area (Å²) in [5.41, 5.74) is 1.40. The number of nitrogens with one attached hydrogen (secondary N) is 1. The average Bonchev–Trinajstić information content (AvgIpc) is 3.17. The van der Waals surface area contributed by atoms with Gasteiger partial charge in [0.1, 0.15) is 19.5 Å². The Kier molecular flexibility index (Phi) is 3.99. The van der Waals surface area contributed by atoms with Crippen LogP contribution in [0.3, 0.4) is 0 Å². The van der Waals surface area contributed by atoms with Gasteiger partial charge in [0.2, 0.25) is 0 Å². The van der Waals surface area contributed by atoms with Crippen molar-refractivity contribution in [1.29, 1.82) is 0 Å². The van der Waals surface area contributed by atoms with E-state index in [1.165, 1.54) is 11.0 Å². The molecule has 3 aromatic rings. The van der Waals surface area contributed by atoms with Gasteiger partial charge in [-0.3, -0.25) is 4.79 Å². The number of benzene rings is 2. The van der Waals surface area contributed by atoms with E-state index < -0.39 is 6.04 Å². The summed E-state index contributed by atoms with van der Waals surface area (Å²) in [4.78, 5) is 12.9. The third-order valence-corrected chi connectivity index (χ3v) is 3.80. The summed E-state index contributed by atoms with van der Waals surface area (Å²) in [6, 6.07) is 13.9. The van der Waals surface area contributed by atoms with Crippen molar-refractivity contribution in [3.8, 4) is 11.5 Å². The molecule has 2 heterocycles. The van der Waals surface area contributed by atoms with E-state index in [-0.39, 0.29) is 5.91 Å². The molecule has 0 spiro atoms. The van der Waals surface area contributed by atoms with Gasteiger partial charge in [0.05, 0.1) is 0 Å². The first-order chi connectivity index (χ1) is 12.3. The van der Waals surface area contributed by atoms with Crippen molar-refractivity contribution in [1.82, 2.24) is 20.2 Å². The lowest BCUT2D eigenvalue weighted by atomic mass is 10.1. The van der Waals surface area contributed by atoms with E-state index in [1.54, 1.807) is 18.2 Å². The number of hydrogen-bond acceptors (Lipinski definition) is 6. The number of hydrogen-bond donors (Lipinski definition) is 1. The highest BCUT2D eigenvalue weighted by atomic mass is 16.6. The lowest BCUT2D eigenvalue weighted by Crippen LogP contribution is -2.27. The Balaban J connectivity index is 1.61. The van der Waals surface area contributed by atoms with Crippen LogP contribution in [0.5, 0.6) is 11.5 Å². The maximum atomic E-state index is 12.9. The highest BCUT2D eigenvalue weighted by molar-refractivity contribution is 5.96. The number of rotatable bonds is 4. The first-order valence-electron chi connectivity index (χ1n) is 7.79. The standard InChI is InChI=1S/C17H15N5O3/c23-17(19-13-6-7-14-15(10-13)25-9-8-24-14)16(22-11-18-20-21-22)12-4-2-1-3-5-12/h1-7,10-11,16H,8-9H2,(H,19,23). The van der Waals surface area contributed by atoms with Crippen LogP contribution in [0.4, 0.5) is 5.69 Å². The van der Waals surface area contributed by atoms with Gasteiger partial charge in [-0.25, -0.2) is 4.68 Å². The molecule has 8 nitrogen and oxygen atoms in total. The Hall–Kier alpha value is -3.42. The topological polar surface area (TPSA) is 91.2 Å². The van der Waals surface area contributed by atoms with E-state index in [0.29, 0.717) is 30.4 Å². The summed E-state index contributed by atoms with van der Waals surface area (Å²) < 4.78 is 12.5. The van der Waals surface area contributed by atoms with Crippen LogP contribution in [0.1, 0.15) is 11.6 Å². The maximum absolute atomic E-state index is 12.9. The fourth-order valence-electron chi connectivity index (χ4n) is 2.68. The number of tetrazole rings is 1. The molecule has 1 N–H and O–H groups in total. The van der Waals surface area contributed by atoms with Gasteiger partial charge in [0, 0.05) is 11.8 Å². The van der Waals surface area contributed by atoms with Crippen LogP contribution in [0.25, 0.3) is 0 Å². The molecule has 2 aromatic carbocycles. The zero-order valence-corrected chi connectivity index (χ0v) is 13.2. The number of anilines is 1. The molecule has 8 heteroatoms. The predicted molar refractivity (Wildman–Crippen MR) is 88.5 cm³/mol. The molecule has 25 heavy (non-hydrogen) atoms. The number of aromatic nitrogens is 4. The van der Waals surface area contributed by atoms with Crippen molar-refractivity contribution in [2.45, 2.75) is 6.04 Å². The summed E-state index contributed by atoms with van der Waals surface area (Å²) in [7, 11) is 0. The molecule has 1 atom stereocenters. The molecule has 0 radical (unpaired) electrons. The van der Waals surface area contributed by atoms with Crippen LogP contribution in [-0.2, 0) is 4.79 Å². The van der Waals surface area contributed by atoms with Crippen LogP contribution in [0.15, 0.2) is 54.9 Å². The van der Waals surface area contributed by atoms with Gasteiger partial charge in [0.15, 0.2) is 17.5 Å². The van der Waals surface area contributed by atoms with Gasteiger partial charge < -0.3 is 14.8 Å². The van der Waals surface area contributed by atoms with Crippen LogP contribution in [0, 0.1) is 0 Å². The van der Waals surface area contributed by atoms with Crippen molar-refractivity contribution in [3.63, 3.8) is 0 Å². The largest absolute Gasteiger partial charge is 0.486 e. The van der Waals surface area contributed by atoms with Gasteiger partial charge in [-0.15, -0.1) is 5.10 Å². The highest BCUT2D eigenvalue weighted by Crippen LogP contribution is 2.33. The summed E-state index contributed by atoms with van der Waals surface area (Å²) in [5.74, 6) is 1.03. The molecular formula is C17H15N5O3. The summed E-state index contributed by atoms with van der Waals surface area (Å²) in [5, 5.41) is 14.0. The van der Waals surface area contributed by atoms with Gasteiger partial charge in [-0.05, 0) is 28.1 Å². The predicted octanol–water partition coefficient (Wildman–Crippen LogP) is 1.67. The number of amides is 1. The Morgan fingerprint density at radius 2 is 1.88 bits per heavy atom. The molecule has 0 bridgehead atoms. The van der Waals surface area contributed by atoms with Crippen LogP contribution in [-0.4, -0.2) is 39.3 Å². The van der Waals surface area contributed by atoms with E-state index in [1.807, 2.05) is 30.3 Å². The van der Waals surface area contributed by atoms with Crippen molar-refractivity contribution in [2.75, 3.05) is 18.5 Å². The van der Waals surface area contributed by atoms with E-state index >= 15 is 0 Å². The van der Waals surface area contributed by atoms with Gasteiger partial charge in [-0.1, -0.05) is 30.3 Å². The second-order valence-electron chi connectivity index (χ2n) is 5.45. The normalized spacial score (nSPS) is 13.9.